The molecule has 3 aromatic rings. The summed E-state index contributed by atoms with van der Waals surface area (Å²) in [6.45, 7) is 5.49. The van der Waals surface area contributed by atoms with Gasteiger partial charge in [0, 0.05) is 27.7 Å². The van der Waals surface area contributed by atoms with Crippen LogP contribution in [0, 0.1) is 10.1 Å². The molecule has 1 unspecified atom stereocenters. The third kappa shape index (κ3) is 3.79. The first-order chi connectivity index (χ1) is 17.5. The van der Waals surface area contributed by atoms with Gasteiger partial charge in [-0.25, -0.2) is 0 Å². The van der Waals surface area contributed by atoms with Crippen molar-refractivity contribution < 1.29 is 19.3 Å². The van der Waals surface area contributed by atoms with Gasteiger partial charge in [0.15, 0.2) is 0 Å². The maximum Gasteiger partial charge on any atom is 0.282 e. The fourth-order valence-electron chi connectivity index (χ4n) is 5.87. The number of imide groups is 1. The van der Waals surface area contributed by atoms with E-state index in [2.05, 4.69) is 6.92 Å². The van der Waals surface area contributed by atoms with E-state index in [-0.39, 0.29) is 11.1 Å². The van der Waals surface area contributed by atoms with Gasteiger partial charge in [0.05, 0.1) is 10.5 Å². The molecule has 3 amide bonds. The van der Waals surface area contributed by atoms with Crippen molar-refractivity contribution in [1.82, 2.24) is 4.90 Å². The summed E-state index contributed by atoms with van der Waals surface area (Å²) >= 11 is 6.13. The number of para-hydroxylation sites is 1. The molecule has 0 aromatic heterocycles. The Morgan fingerprint density at radius 1 is 0.973 bits per heavy atom. The van der Waals surface area contributed by atoms with E-state index in [4.69, 9.17) is 11.6 Å². The Bertz CT molecular complexity index is 1480. The van der Waals surface area contributed by atoms with Crippen LogP contribution < -0.4 is 4.90 Å². The maximum absolute atomic E-state index is 13.8. The molecule has 0 aliphatic carbocycles. The van der Waals surface area contributed by atoms with Crippen molar-refractivity contribution in [3.05, 3.63) is 104 Å². The minimum absolute atomic E-state index is 0.0689. The highest BCUT2D eigenvalue weighted by Crippen LogP contribution is 2.50. The molecule has 5 rings (SSSR count). The van der Waals surface area contributed by atoms with Crippen molar-refractivity contribution in [3.8, 4) is 0 Å². The topological polar surface area (TPSA) is 101 Å². The zero-order chi connectivity index (χ0) is 26.7. The molecule has 0 fully saturated rings. The molecule has 8 nitrogen and oxygen atoms in total. The predicted octanol–water partition coefficient (Wildman–Crippen LogP) is 5.37. The van der Waals surface area contributed by atoms with Gasteiger partial charge in [0.2, 0.25) is 5.91 Å². The summed E-state index contributed by atoms with van der Waals surface area (Å²) in [5.74, 6) is -2.01. The van der Waals surface area contributed by atoms with Crippen LogP contribution >= 0.6 is 11.6 Å². The second kappa shape index (κ2) is 8.52. The van der Waals surface area contributed by atoms with E-state index in [0.29, 0.717) is 17.1 Å². The molecule has 37 heavy (non-hydrogen) atoms. The second-order valence-electron chi connectivity index (χ2n) is 10.2. The highest BCUT2D eigenvalue weighted by Gasteiger charge is 2.49. The molecule has 188 valence electrons. The van der Waals surface area contributed by atoms with Crippen LogP contribution in [0.15, 0.2) is 66.7 Å². The highest BCUT2D eigenvalue weighted by atomic mass is 35.5. The summed E-state index contributed by atoms with van der Waals surface area (Å²) in [7, 11) is 0. The van der Waals surface area contributed by atoms with Crippen LogP contribution in [0.25, 0.3) is 0 Å². The molecule has 2 heterocycles. The van der Waals surface area contributed by atoms with Crippen molar-refractivity contribution in [1.29, 1.82) is 0 Å². The Morgan fingerprint density at radius 3 is 2.32 bits per heavy atom. The van der Waals surface area contributed by atoms with Crippen LogP contribution in [0.2, 0.25) is 5.02 Å². The molecule has 2 aliphatic heterocycles. The number of hydrogen-bond acceptors (Lipinski definition) is 5. The van der Waals surface area contributed by atoms with Gasteiger partial charge in [-0.2, -0.15) is 0 Å². The fraction of sp³-hybridized carbons (Fsp3) is 0.250. The summed E-state index contributed by atoms with van der Waals surface area (Å²) in [6, 6.07) is 19.1. The lowest BCUT2D eigenvalue weighted by atomic mass is 9.65. The molecular formula is C28H24ClN3O5. The molecule has 0 spiro atoms. The summed E-state index contributed by atoms with van der Waals surface area (Å²) in [4.78, 5) is 53.1. The van der Waals surface area contributed by atoms with Gasteiger partial charge in [0.1, 0.15) is 12.1 Å². The van der Waals surface area contributed by atoms with E-state index in [1.807, 2.05) is 62.4 Å². The SMILES string of the molecule is CC1(c2ccc(Cl)cc2)CC(C)(C)N(C(=O)CN2C(=O)c3cccc([N+](=O)[O-])c3C2=O)c2ccccc21. The van der Waals surface area contributed by atoms with Gasteiger partial charge >= 0.3 is 0 Å². The fourth-order valence-corrected chi connectivity index (χ4v) is 5.99. The lowest BCUT2D eigenvalue weighted by molar-refractivity contribution is -0.385. The van der Waals surface area contributed by atoms with E-state index in [1.54, 1.807) is 4.90 Å². The number of amides is 3. The van der Waals surface area contributed by atoms with Crippen molar-refractivity contribution in [2.24, 2.45) is 0 Å². The Labute approximate surface area is 218 Å². The number of nitrogens with zero attached hydrogens (tertiary/aromatic N) is 3. The van der Waals surface area contributed by atoms with E-state index in [0.717, 1.165) is 16.0 Å². The number of anilines is 1. The minimum atomic E-state index is -0.838. The molecule has 1 atom stereocenters. The van der Waals surface area contributed by atoms with Crippen molar-refractivity contribution in [2.75, 3.05) is 11.4 Å². The summed E-state index contributed by atoms with van der Waals surface area (Å²) < 4.78 is 0. The number of carbonyl (C=O) groups is 3. The number of benzene rings is 3. The molecule has 0 saturated carbocycles. The van der Waals surface area contributed by atoms with Gasteiger partial charge in [-0.05, 0) is 55.7 Å². The minimum Gasteiger partial charge on any atom is -0.305 e. The van der Waals surface area contributed by atoms with Gasteiger partial charge in [-0.3, -0.25) is 29.4 Å². The molecule has 9 heteroatoms. The Hall–Kier alpha value is -4.04. The van der Waals surface area contributed by atoms with Crippen LogP contribution in [0.5, 0.6) is 0 Å². The Morgan fingerprint density at radius 2 is 1.65 bits per heavy atom. The lowest BCUT2D eigenvalue weighted by Gasteiger charge is -2.51. The maximum atomic E-state index is 13.8. The number of nitro groups is 1. The quantitative estimate of drug-likeness (QED) is 0.263. The second-order valence-corrected chi connectivity index (χ2v) is 10.7. The van der Waals surface area contributed by atoms with E-state index < -0.39 is 45.8 Å². The summed E-state index contributed by atoms with van der Waals surface area (Å²) in [6.07, 6.45) is 0.567. The molecular weight excluding hydrogens is 494 g/mol. The molecule has 0 bridgehead atoms. The normalized spacial score (nSPS) is 20.0. The zero-order valence-corrected chi connectivity index (χ0v) is 21.3. The first-order valence-corrected chi connectivity index (χ1v) is 12.2. The largest absolute Gasteiger partial charge is 0.305 e. The zero-order valence-electron chi connectivity index (χ0n) is 20.5. The van der Waals surface area contributed by atoms with Crippen molar-refractivity contribution >= 4 is 40.7 Å². The van der Waals surface area contributed by atoms with Crippen molar-refractivity contribution in [2.45, 2.75) is 38.1 Å². The first kappa shape index (κ1) is 24.6. The van der Waals surface area contributed by atoms with Crippen LogP contribution in [-0.4, -0.2) is 39.6 Å². The molecule has 0 radical (unpaired) electrons. The number of carbonyl (C=O) groups excluding carboxylic acids is 3. The number of fused-ring (bicyclic) bond motifs is 2. The van der Waals surface area contributed by atoms with Gasteiger partial charge in [0.25, 0.3) is 17.5 Å². The van der Waals surface area contributed by atoms with Crippen LogP contribution in [-0.2, 0) is 10.2 Å². The third-order valence-corrected chi connectivity index (χ3v) is 7.58. The molecule has 0 N–H and O–H groups in total. The van der Waals surface area contributed by atoms with E-state index in [9.17, 15) is 24.5 Å². The summed E-state index contributed by atoms with van der Waals surface area (Å²) in [5, 5.41) is 12.1. The highest BCUT2D eigenvalue weighted by molar-refractivity contribution is 6.30. The molecule has 2 aliphatic rings. The standard InChI is InChI=1S/C28H24ClN3O5/c1-27(2)16-28(3,17-11-13-18(29)14-12-17)20-8-4-5-9-21(20)31(27)23(33)15-30-25(34)19-7-6-10-22(32(36)37)24(19)26(30)35/h4-14H,15-16H2,1-3H3. The predicted molar refractivity (Wildman–Crippen MR) is 139 cm³/mol. The average molecular weight is 518 g/mol. The number of rotatable bonds is 4. The number of nitro benzene ring substituents is 1. The van der Waals surface area contributed by atoms with E-state index >= 15 is 0 Å². The smallest absolute Gasteiger partial charge is 0.282 e. The van der Waals surface area contributed by atoms with Crippen LogP contribution in [0.3, 0.4) is 0 Å². The van der Waals surface area contributed by atoms with Gasteiger partial charge < -0.3 is 4.90 Å². The monoisotopic (exact) mass is 517 g/mol. The summed E-state index contributed by atoms with van der Waals surface area (Å²) in [5.41, 5.74) is 0.749. The lowest BCUT2D eigenvalue weighted by Crippen LogP contribution is -2.58. The van der Waals surface area contributed by atoms with Gasteiger partial charge in [-0.15, -0.1) is 0 Å². The Balaban J connectivity index is 1.53. The Kier molecular flexibility index (Phi) is 5.68. The third-order valence-electron chi connectivity index (χ3n) is 7.33. The average Bonchev–Trinajstić information content (AvgIpc) is 3.08. The molecule has 0 saturated heterocycles. The number of halogens is 1. The van der Waals surface area contributed by atoms with E-state index in [1.165, 1.54) is 18.2 Å². The van der Waals surface area contributed by atoms with Crippen LogP contribution in [0.1, 0.15) is 59.0 Å². The van der Waals surface area contributed by atoms with Gasteiger partial charge in [-0.1, -0.05) is 54.9 Å². The first-order valence-electron chi connectivity index (χ1n) is 11.8. The number of hydrogen-bond donors (Lipinski definition) is 0. The van der Waals surface area contributed by atoms with Crippen LogP contribution in [0.4, 0.5) is 11.4 Å². The van der Waals surface area contributed by atoms with Crippen molar-refractivity contribution in [3.63, 3.8) is 0 Å². The molecule has 3 aromatic carbocycles.